The highest BCUT2D eigenvalue weighted by molar-refractivity contribution is 6.31. The smallest absolute Gasteiger partial charge is 0.280 e. The molecule has 0 aliphatic heterocycles. The molecule has 0 aliphatic carbocycles. The Labute approximate surface area is 142 Å². The molecule has 6 nitrogen and oxygen atoms in total. The normalized spacial score (nSPS) is 10.2. The number of hydrogen-bond acceptors (Lipinski definition) is 5. The molecule has 1 amide bonds. The molecule has 3 rings (SSSR count). The zero-order valence-corrected chi connectivity index (χ0v) is 13.4. The van der Waals surface area contributed by atoms with Crippen molar-refractivity contribution in [3.63, 3.8) is 0 Å². The Bertz CT molecular complexity index is 931. The van der Waals surface area contributed by atoms with E-state index in [1.807, 2.05) is 6.07 Å². The number of halogens is 1. The minimum absolute atomic E-state index is 0.125. The number of hydrogen-bond donors (Lipinski definition) is 0. The van der Waals surface area contributed by atoms with Crippen molar-refractivity contribution in [2.45, 2.75) is 0 Å². The lowest BCUT2D eigenvalue weighted by Crippen LogP contribution is -2.27. The van der Waals surface area contributed by atoms with Crippen LogP contribution in [-0.2, 0) is 0 Å². The van der Waals surface area contributed by atoms with Crippen LogP contribution in [0.15, 0.2) is 53.3 Å². The summed E-state index contributed by atoms with van der Waals surface area (Å²) in [6.45, 7) is 0. The highest BCUT2D eigenvalue weighted by Crippen LogP contribution is 2.26. The van der Waals surface area contributed by atoms with Crippen molar-refractivity contribution in [3.8, 4) is 17.4 Å². The van der Waals surface area contributed by atoms with E-state index in [9.17, 15) is 10.1 Å². The quantitative estimate of drug-likeness (QED) is 0.729. The zero-order valence-electron chi connectivity index (χ0n) is 12.6. The van der Waals surface area contributed by atoms with Gasteiger partial charge in [0.15, 0.2) is 11.5 Å². The van der Waals surface area contributed by atoms with Crippen molar-refractivity contribution in [2.75, 3.05) is 11.9 Å². The predicted molar refractivity (Wildman–Crippen MR) is 88.6 cm³/mol. The van der Waals surface area contributed by atoms with Crippen molar-refractivity contribution in [1.29, 1.82) is 5.26 Å². The summed E-state index contributed by atoms with van der Waals surface area (Å²) in [4.78, 5) is 17.9. The van der Waals surface area contributed by atoms with Gasteiger partial charge in [0.2, 0.25) is 0 Å². The lowest BCUT2D eigenvalue weighted by Gasteiger charge is -2.17. The molecule has 118 valence electrons. The second-order valence-corrected chi connectivity index (χ2v) is 5.39. The maximum Gasteiger partial charge on any atom is 0.280 e. The first kappa shape index (κ1) is 15.7. The second-order valence-electron chi connectivity index (χ2n) is 4.96. The standard InChI is InChI=1S/C17H11ClN4O2/c1-22(15-7-13(18)5-4-11(15)9-19)17(23)14-8-16(24-21-14)12-3-2-6-20-10-12/h2-8,10H,1H3. The van der Waals surface area contributed by atoms with Crippen LogP contribution in [0.3, 0.4) is 0 Å². The summed E-state index contributed by atoms with van der Waals surface area (Å²) >= 11 is 5.96. The number of benzene rings is 1. The predicted octanol–water partition coefficient (Wildman–Crippen LogP) is 3.54. The van der Waals surface area contributed by atoms with Crippen LogP contribution in [0.2, 0.25) is 5.02 Å². The molecule has 0 unspecified atom stereocenters. The van der Waals surface area contributed by atoms with Gasteiger partial charge in [-0.25, -0.2) is 0 Å². The Kier molecular flexibility index (Phi) is 4.27. The van der Waals surface area contributed by atoms with Gasteiger partial charge in [-0.1, -0.05) is 16.8 Å². The van der Waals surface area contributed by atoms with Gasteiger partial charge in [0.05, 0.1) is 11.3 Å². The van der Waals surface area contributed by atoms with Crippen molar-refractivity contribution in [1.82, 2.24) is 10.1 Å². The molecule has 0 bridgehead atoms. The van der Waals surface area contributed by atoms with E-state index < -0.39 is 5.91 Å². The fraction of sp³-hybridized carbons (Fsp3) is 0.0588. The fourth-order valence-electron chi connectivity index (χ4n) is 2.18. The van der Waals surface area contributed by atoms with Gasteiger partial charge in [0.1, 0.15) is 6.07 Å². The summed E-state index contributed by atoms with van der Waals surface area (Å²) in [6.07, 6.45) is 3.26. The average Bonchev–Trinajstić information content (AvgIpc) is 3.11. The number of aromatic nitrogens is 2. The zero-order chi connectivity index (χ0) is 17.1. The number of amides is 1. The number of nitriles is 1. The summed E-state index contributed by atoms with van der Waals surface area (Å²) in [6, 6.07) is 11.8. The van der Waals surface area contributed by atoms with Crippen molar-refractivity contribution < 1.29 is 9.32 Å². The average molecular weight is 339 g/mol. The first-order valence-corrected chi connectivity index (χ1v) is 7.33. The van der Waals surface area contributed by atoms with Crippen LogP contribution in [0.4, 0.5) is 5.69 Å². The maximum absolute atomic E-state index is 12.6. The van der Waals surface area contributed by atoms with Crippen molar-refractivity contribution >= 4 is 23.2 Å². The lowest BCUT2D eigenvalue weighted by molar-refractivity contribution is 0.0984. The fourth-order valence-corrected chi connectivity index (χ4v) is 2.34. The van der Waals surface area contributed by atoms with E-state index in [1.54, 1.807) is 49.8 Å². The third-order valence-electron chi connectivity index (χ3n) is 3.42. The number of anilines is 1. The van der Waals surface area contributed by atoms with Gasteiger partial charge in [-0.15, -0.1) is 0 Å². The first-order chi connectivity index (χ1) is 11.6. The van der Waals surface area contributed by atoms with E-state index >= 15 is 0 Å². The molecule has 0 spiro atoms. The van der Waals surface area contributed by atoms with Gasteiger partial charge in [-0.05, 0) is 30.3 Å². The minimum atomic E-state index is -0.410. The first-order valence-electron chi connectivity index (χ1n) is 6.95. The largest absolute Gasteiger partial charge is 0.355 e. The Morgan fingerprint density at radius 1 is 1.33 bits per heavy atom. The maximum atomic E-state index is 12.6. The second kappa shape index (κ2) is 6.52. The molecule has 1 aromatic carbocycles. The molecule has 3 aromatic rings. The van der Waals surface area contributed by atoms with Crippen LogP contribution < -0.4 is 4.90 Å². The minimum Gasteiger partial charge on any atom is -0.355 e. The number of carbonyl (C=O) groups is 1. The molecule has 0 radical (unpaired) electrons. The van der Waals surface area contributed by atoms with Crippen LogP contribution in [0, 0.1) is 11.3 Å². The third kappa shape index (κ3) is 2.98. The molecule has 0 fully saturated rings. The molecule has 0 saturated carbocycles. The number of nitrogens with zero attached hydrogens (tertiary/aromatic N) is 4. The van der Waals surface area contributed by atoms with Crippen LogP contribution in [-0.4, -0.2) is 23.1 Å². The third-order valence-corrected chi connectivity index (χ3v) is 3.66. The van der Waals surface area contributed by atoms with E-state index in [1.165, 1.54) is 11.0 Å². The molecule has 24 heavy (non-hydrogen) atoms. The highest BCUT2D eigenvalue weighted by atomic mass is 35.5. The Morgan fingerprint density at radius 3 is 2.88 bits per heavy atom. The van der Waals surface area contributed by atoms with Gasteiger partial charge >= 0.3 is 0 Å². The molecule has 0 saturated heterocycles. The molecule has 7 heteroatoms. The van der Waals surface area contributed by atoms with Gasteiger partial charge in [-0.2, -0.15) is 5.26 Å². The molecule has 2 heterocycles. The van der Waals surface area contributed by atoms with Crippen LogP contribution in [0.25, 0.3) is 11.3 Å². The van der Waals surface area contributed by atoms with Gasteiger partial charge in [0.25, 0.3) is 5.91 Å². The molecule has 0 atom stereocenters. The number of rotatable bonds is 3. The molecular weight excluding hydrogens is 328 g/mol. The SMILES string of the molecule is CN(C(=O)c1cc(-c2cccnc2)on1)c1cc(Cl)ccc1C#N. The van der Waals surface area contributed by atoms with Gasteiger partial charge in [-0.3, -0.25) is 9.78 Å². The highest BCUT2D eigenvalue weighted by Gasteiger charge is 2.21. The summed E-state index contributed by atoms with van der Waals surface area (Å²) in [5.74, 6) is 0.0270. The molecule has 0 aliphatic rings. The number of carbonyl (C=O) groups excluding carboxylic acids is 1. The van der Waals surface area contributed by atoms with E-state index in [2.05, 4.69) is 10.1 Å². The Balaban J connectivity index is 1.91. The molecule has 2 aromatic heterocycles. The monoisotopic (exact) mass is 338 g/mol. The van der Waals surface area contributed by atoms with E-state index in [-0.39, 0.29) is 5.69 Å². The molecular formula is C17H11ClN4O2. The summed E-state index contributed by atoms with van der Waals surface area (Å²) in [5.41, 5.74) is 1.58. The van der Waals surface area contributed by atoms with E-state index in [4.69, 9.17) is 16.1 Å². The summed E-state index contributed by atoms with van der Waals surface area (Å²) in [7, 11) is 1.55. The lowest BCUT2D eigenvalue weighted by atomic mass is 10.1. The van der Waals surface area contributed by atoms with Crippen LogP contribution in [0.5, 0.6) is 0 Å². The van der Waals surface area contributed by atoms with E-state index in [0.29, 0.717) is 27.6 Å². The summed E-state index contributed by atoms with van der Waals surface area (Å²) in [5, 5.41) is 13.4. The van der Waals surface area contributed by atoms with E-state index in [0.717, 1.165) is 0 Å². The van der Waals surface area contributed by atoms with Gasteiger partial charge in [0, 0.05) is 36.1 Å². The Morgan fingerprint density at radius 2 is 2.17 bits per heavy atom. The van der Waals surface area contributed by atoms with Crippen molar-refractivity contribution in [3.05, 3.63) is 65.1 Å². The van der Waals surface area contributed by atoms with Crippen molar-refractivity contribution in [2.24, 2.45) is 0 Å². The Hall–Kier alpha value is -3.17. The summed E-state index contributed by atoms with van der Waals surface area (Å²) < 4.78 is 5.21. The van der Waals surface area contributed by atoms with Crippen LogP contribution >= 0.6 is 11.6 Å². The number of pyridine rings is 1. The molecule has 0 N–H and O–H groups in total. The topological polar surface area (TPSA) is 83.0 Å². The van der Waals surface area contributed by atoms with Gasteiger partial charge < -0.3 is 9.42 Å². The van der Waals surface area contributed by atoms with Crippen LogP contribution in [0.1, 0.15) is 16.1 Å².